The normalized spacial score (nSPS) is 12.8. The zero-order valence-corrected chi connectivity index (χ0v) is 15.6. The first-order chi connectivity index (χ1) is 10.1. The Hall–Kier alpha value is -0.350. The number of halogens is 2. The Morgan fingerprint density at radius 3 is 2.67 bits per heavy atom. The zero-order chi connectivity index (χ0) is 15.2. The number of thiophene rings is 1. The molecular formula is C17H21BrClNS. The summed E-state index contributed by atoms with van der Waals surface area (Å²) in [4.78, 5) is 1.39. The van der Waals surface area contributed by atoms with E-state index in [9.17, 15) is 0 Å². The van der Waals surface area contributed by atoms with Crippen LogP contribution in [0.5, 0.6) is 0 Å². The van der Waals surface area contributed by atoms with E-state index >= 15 is 0 Å². The van der Waals surface area contributed by atoms with Crippen molar-refractivity contribution in [3.05, 3.63) is 55.6 Å². The summed E-state index contributed by atoms with van der Waals surface area (Å²) in [6.07, 6.45) is 1.03. The van der Waals surface area contributed by atoms with Crippen LogP contribution in [0.3, 0.4) is 0 Å². The summed E-state index contributed by atoms with van der Waals surface area (Å²) in [6.45, 7) is 6.49. The number of nitrogens with one attached hydrogen (secondary N) is 1. The summed E-state index contributed by atoms with van der Waals surface area (Å²) < 4.78 is 1.21. The molecular weight excluding hydrogens is 366 g/mol. The first-order valence-electron chi connectivity index (χ1n) is 7.24. The van der Waals surface area contributed by atoms with Crippen molar-refractivity contribution in [2.45, 2.75) is 26.2 Å². The number of rotatable bonds is 7. The monoisotopic (exact) mass is 385 g/mol. The number of benzene rings is 1. The molecule has 4 heteroatoms. The van der Waals surface area contributed by atoms with E-state index in [1.165, 1.54) is 14.9 Å². The molecule has 0 fully saturated rings. The van der Waals surface area contributed by atoms with E-state index in [4.69, 9.17) is 11.6 Å². The van der Waals surface area contributed by atoms with Crippen molar-refractivity contribution in [2.75, 3.05) is 13.1 Å². The molecule has 1 aromatic heterocycles. The Bertz CT molecular complexity index is 567. The minimum atomic E-state index is 0.442. The van der Waals surface area contributed by atoms with Gasteiger partial charge in [0.2, 0.25) is 0 Å². The van der Waals surface area contributed by atoms with Crippen molar-refractivity contribution < 1.29 is 0 Å². The fourth-order valence-corrected chi connectivity index (χ4v) is 4.10. The molecule has 1 nitrogen and oxygen atoms in total. The number of hydrogen-bond acceptors (Lipinski definition) is 2. The summed E-state index contributed by atoms with van der Waals surface area (Å²) in [5, 5.41) is 6.53. The van der Waals surface area contributed by atoms with Crippen molar-refractivity contribution in [3.8, 4) is 0 Å². The summed E-state index contributed by atoms with van der Waals surface area (Å²) in [6, 6.07) is 10.4. The minimum Gasteiger partial charge on any atom is -0.316 e. The molecule has 2 aromatic rings. The Balaban J connectivity index is 2.12. The van der Waals surface area contributed by atoms with E-state index in [-0.39, 0.29) is 0 Å². The molecule has 0 radical (unpaired) electrons. The Morgan fingerprint density at radius 1 is 1.24 bits per heavy atom. The first kappa shape index (κ1) is 17.0. The van der Waals surface area contributed by atoms with Crippen LogP contribution in [0.15, 0.2) is 40.2 Å². The zero-order valence-electron chi connectivity index (χ0n) is 12.4. The van der Waals surface area contributed by atoms with Crippen LogP contribution in [0.1, 0.15) is 30.2 Å². The minimum absolute atomic E-state index is 0.442. The van der Waals surface area contributed by atoms with Gasteiger partial charge in [0.15, 0.2) is 0 Å². The van der Waals surface area contributed by atoms with E-state index in [0.29, 0.717) is 11.8 Å². The summed E-state index contributed by atoms with van der Waals surface area (Å²) in [7, 11) is 0. The second-order valence-electron chi connectivity index (χ2n) is 5.70. The molecule has 1 N–H and O–H groups in total. The van der Waals surface area contributed by atoms with Crippen LogP contribution in [0.2, 0.25) is 5.02 Å². The summed E-state index contributed by atoms with van der Waals surface area (Å²) in [5.41, 5.74) is 1.30. The Labute approximate surface area is 144 Å². The Kier molecular flexibility index (Phi) is 6.74. The fraction of sp³-hybridized carbons (Fsp3) is 0.412. The quantitative estimate of drug-likeness (QED) is 0.640. The molecule has 1 aromatic carbocycles. The second kappa shape index (κ2) is 8.33. The maximum atomic E-state index is 6.16. The lowest BCUT2D eigenvalue weighted by Crippen LogP contribution is -2.26. The molecule has 0 saturated carbocycles. The molecule has 114 valence electrons. The first-order valence-corrected chi connectivity index (χ1v) is 9.29. The molecule has 1 atom stereocenters. The summed E-state index contributed by atoms with van der Waals surface area (Å²) in [5.74, 6) is 1.11. The van der Waals surface area contributed by atoms with Crippen LogP contribution in [0.25, 0.3) is 0 Å². The van der Waals surface area contributed by atoms with E-state index < -0.39 is 0 Å². The van der Waals surface area contributed by atoms with Gasteiger partial charge in [-0.1, -0.05) is 37.6 Å². The molecule has 21 heavy (non-hydrogen) atoms. The van der Waals surface area contributed by atoms with Gasteiger partial charge in [0.25, 0.3) is 0 Å². The van der Waals surface area contributed by atoms with Crippen molar-refractivity contribution in [1.29, 1.82) is 0 Å². The van der Waals surface area contributed by atoms with Gasteiger partial charge in [0.1, 0.15) is 0 Å². The van der Waals surface area contributed by atoms with Gasteiger partial charge < -0.3 is 5.32 Å². The van der Waals surface area contributed by atoms with Crippen molar-refractivity contribution in [1.82, 2.24) is 5.32 Å². The summed E-state index contributed by atoms with van der Waals surface area (Å²) >= 11 is 11.6. The lowest BCUT2D eigenvalue weighted by molar-refractivity contribution is 0.515. The lowest BCUT2D eigenvalue weighted by Gasteiger charge is -2.19. The molecule has 0 saturated heterocycles. The predicted octanol–water partition coefficient (Wildman–Crippen LogP) is 5.74. The van der Waals surface area contributed by atoms with Gasteiger partial charge in [-0.2, -0.15) is 0 Å². The highest BCUT2D eigenvalue weighted by Gasteiger charge is 2.15. The van der Waals surface area contributed by atoms with Crippen molar-refractivity contribution in [3.63, 3.8) is 0 Å². The van der Waals surface area contributed by atoms with Gasteiger partial charge in [-0.05, 0) is 64.0 Å². The highest BCUT2D eigenvalue weighted by Crippen LogP contribution is 2.30. The van der Waals surface area contributed by atoms with Crippen molar-refractivity contribution >= 4 is 38.9 Å². The molecule has 0 bridgehead atoms. The highest BCUT2D eigenvalue weighted by molar-refractivity contribution is 9.10. The second-order valence-corrected chi connectivity index (χ2v) is 7.99. The highest BCUT2D eigenvalue weighted by atomic mass is 79.9. The maximum absolute atomic E-state index is 6.16. The molecule has 0 aliphatic heterocycles. The average Bonchev–Trinajstić information content (AvgIpc) is 2.83. The smallest absolute Gasteiger partial charge is 0.0408 e. The van der Waals surface area contributed by atoms with Crippen LogP contribution in [-0.4, -0.2) is 13.1 Å². The van der Waals surface area contributed by atoms with Gasteiger partial charge in [-0.25, -0.2) is 0 Å². The van der Waals surface area contributed by atoms with Gasteiger partial charge in [-0.3, -0.25) is 0 Å². The van der Waals surface area contributed by atoms with Crippen molar-refractivity contribution in [2.24, 2.45) is 5.92 Å². The maximum Gasteiger partial charge on any atom is 0.0408 e. The lowest BCUT2D eigenvalue weighted by atomic mass is 9.94. The van der Waals surface area contributed by atoms with Gasteiger partial charge in [0, 0.05) is 26.8 Å². The average molecular weight is 387 g/mol. The van der Waals surface area contributed by atoms with E-state index in [2.05, 4.69) is 58.7 Å². The van der Waals surface area contributed by atoms with E-state index in [1.807, 2.05) is 23.5 Å². The van der Waals surface area contributed by atoms with Crippen LogP contribution < -0.4 is 5.32 Å². The van der Waals surface area contributed by atoms with E-state index in [1.54, 1.807) is 0 Å². The third-order valence-corrected chi connectivity index (χ3v) is 5.57. The topological polar surface area (TPSA) is 12.0 Å². The molecule has 0 aliphatic carbocycles. The molecule has 0 aliphatic rings. The van der Waals surface area contributed by atoms with Crippen LogP contribution >= 0.6 is 38.9 Å². The molecule has 1 heterocycles. The molecule has 1 unspecified atom stereocenters. The van der Waals surface area contributed by atoms with Crippen LogP contribution in [0.4, 0.5) is 0 Å². The van der Waals surface area contributed by atoms with Crippen LogP contribution in [-0.2, 0) is 6.42 Å². The van der Waals surface area contributed by atoms with E-state index in [0.717, 1.165) is 24.5 Å². The third kappa shape index (κ3) is 5.41. The third-order valence-electron chi connectivity index (χ3n) is 3.39. The van der Waals surface area contributed by atoms with Gasteiger partial charge >= 0.3 is 0 Å². The molecule has 0 spiro atoms. The Morgan fingerprint density at radius 2 is 2.05 bits per heavy atom. The van der Waals surface area contributed by atoms with Crippen LogP contribution in [0, 0.1) is 5.92 Å². The SMILES string of the molecule is CC(C)CNCC(Cc1sccc1Br)c1cccc(Cl)c1. The van der Waals surface area contributed by atoms with Gasteiger partial charge in [0.05, 0.1) is 0 Å². The van der Waals surface area contributed by atoms with Gasteiger partial charge in [-0.15, -0.1) is 11.3 Å². The fourth-order valence-electron chi connectivity index (χ4n) is 2.31. The standard InChI is InChI=1S/C17H21BrClNS/c1-12(2)10-20-11-14(9-17-16(18)6-7-21-17)13-4-3-5-15(19)8-13/h3-8,12,14,20H,9-11H2,1-2H3. The predicted molar refractivity (Wildman–Crippen MR) is 97.6 cm³/mol. The molecule has 2 rings (SSSR count). The number of hydrogen-bond donors (Lipinski definition) is 1. The largest absolute Gasteiger partial charge is 0.316 e. The molecule has 0 amide bonds.